The van der Waals surface area contributed by atoms with Crippen LogP contribution >= 0.6 is 0 Å². The van der Waals surface area contributed by atoms with Gasteiger partial charge in [-0.1, -0.05) is 19.9 Å². The van der Waals surface area contributed by atoms with Crippen LogP contribution in [0.4, 0.5) is 17.6 Å². The van der Waals surface area contributed by atoms with Crippen LogP contribution in [0, 0.1) is 37.2 Å². The normalized spacial score (nSPS) is 15.2. The maximum absolute atomic E-state index is 15.5. The Hall–Kier alpha value is -4.06. The number of hydrogen-bond donors (Lipinski definition) is 2. The van der Waals surface area contributed by atoms with E-state index in [1.54, 1.807) is 13.0 Å². The maximum atomic E-state index is 15.5. The van der Waals surface area contributed by atoms with Gasteiger partial charge in [-0.25, -0.2) is 22.2 Å². The molecule has 0 aliphatic carbocycles. The van der Waals surface area contributed by atoms with Crippen molar-refractivity contribution in [3.05, 3.63) is 86.6 Å². The molecule has 1 fully saturated rings. The molecule has 1 aliphatic rings. The number of aryl methyl sites for hydroxylation is 2. The van der Waals surface area contributed by atoms with E-state index in [4.69, 9.17) is 0 Å². The number of hydrogen-bond acceptors (Lipinski definition) is 5. The van der Waals surface area contributed by atoms with Crippen molar-refractivity contribution in [1.82, 2.24) is 20.0 Å². The van der Waals surface area contributed by atoms with Crippen LogP contribution in [0.1, 0.15) is 61.2 Å². The van der Waals surface area contributed by atoms with Crippen molar-refractivity contribution in [2.45, 2.75) is 65.2 Å². The second-order valence-corrected chi connectivity index (χ2v) is 11.8. The summed E-state index contributed by atoms with van der Waals surface area (Å²) in [5.74, 6) is -4.85. The van der Waals surface area contributed by atoms with Crippen molar-refractivity contribution in [1.29, 1.82) is 0 Å². The lowest BCUT2D eigenvalue weighted by Crippen LogP contribution is -2.49. The van der Waals surface area contributed by atoms with Gasteiger partial charge < -0.3 is 10.4 Å². The van der Waals surface area contributed by atoms with E-state index < -0.39 is 65.1 Å². The summed E-state index contributed by atoms with van der Waals surface area (Å²) >= 11 is 0. The van der Waals surface area contributed by atoms with Crippen LogP contribution in [-0.2, 0) is 16.0 Å². The van der Waals surface area contributed by atoms with Gasteiger partial charge in [0.25, 0.3) is 5.56 Å². The van der Waals surface area contributed by atoms with Crippen molar-refractivity contribution in [3.8, 4) is 11.1 Å². The zero-order valence-electron chi connectivity index (χ0n) is 25.0. The van der Waals surface area contributed by atoms with E-state index in [1.807, 2.05) is 18.7 Å². The number of carboxylic acids is 1. The number of benzene rings is 2. The molecular weight excluding hydrogens is 580 g/mol. The van der Waals surface area contributed by atoms with Crippen molar-refractivity contribution >= 4 is 11.9 Å². The van der Waals surface area contributed by atoms with Crippen molar-refractivity contribution in [2.75, 3.05) is 19.6 Å². The Bertz CT molecular complexity index is 1580. The molecule has 0 unspecified atom stereocenters. The average molecular weight is 617 g/mol. The molecule has 44 heavy (non-hydrogen) atoms. The van der Waals surface area contributed by atoms with Crippen LogP contribution in [-0.4, -0.2) is 57.5 Å². The minimum Gasteiger partial charge on any atom is -0.481 e. The third-order valence-corrected chi connectivity index (χ3v) is 7.66. The number of aliphatic carboxylic acids is 1. The summed E-state index contributed by atoms with van der Waals surface area (Å²) in [6, 6.07) is 4.66. The van der Waals surface area contributed by atoms with Crippen LogP contribution in [0.3, 0.4) is 0 Å². The summed E-state index contributed by atoms with van der Waals surface area (Å²) in [6.45, 7) is 7.80. The van der Waals surface area contributed by atoms with E-state index in [9.17, 15) is 32.7 Å². The van der Waals surface area contributed by atoms with Crippen molar-refractivity contribution in [2.24, 2.45) is 5.92 Å². The first-order valence-electron chi connectivity index (χ1n) is 14.5. The molecule has 0 saturated carbocycles. The Morgan fingerprint density at radius 1 is 1.07 bits per heavy atom. The third-order valence-electron chi connectivity index (χ3n) is 7.66. The average Bonchev–Trinajstić information content (AvgIpc) is 2.92. The summed E-state index contributed by atoms with van der Waals surface area (Å²) in [7, 11) is 0. The number of rotatable bonds is 12. The smallest absolute Gasteiger partial charge is 0.305 e. The number of carbonyl (C=O) groups excluding carboxylic acids is 1. The summed E-state index contributed by atoms with van der Waals surface area (Å²) in [4.78, 5) is 40.8. The molecule has 1 aliphatic heterocycles. The van der Waals surface area contributed by atoms with Gasteiger partial charge in [0.05, 0.1) is 23.7 Å². The fourth-order valence-corrected chi connectivity index (χ4v) is 5.41. The summed E-state index contributed by atoms with van der Waals surface area (Å²) < 4.78 is 59.1. The Morgan fingerprint density at radius 3 is 2.32 bits per heavy atom. The zero-order chi connectivity index (χ0) is 32.3. The number of nitrogens with zero attached hydrogens (tertiary/aromatic N) is 3. The number of carbonyl (C=O) groups is 2. The molecular formula is C32H36F4N4O4. The summed E-state index contributed by atoms with van der Waals surface area (Å²) in [5.41, 5.74) is -0.380. The largest absolute Gasteiger partial charge is 0.481 e. The minimum atomic E-state index is -1.44. The molecule has 8 nitrogen and oxygen atoms in total. The van der Waals surface area contributed by atoms with E-state index in [0.29, 0.717) is 37.3 Å². The molecule has 2 aromatic carbocycles. The molecule has 1 amide bonds. The summed E-state index contributed by atoms with van der Waals surface area (Å²) in [5, 5.41) is 16.7. The summed E-state index contributed by atoms with van der Waals surface area (Å²) in [6.07, 6.45) is -1.04. The molecule has 12 heteroatoms. The number of halogens is 4. The van der Waals surface area contributed by atoms with E-state index in [2.05, 4.69) is 10.4 Å². The van der Waals surface area contributed by atoms with E-state index in [-0.39, 0.29) is 29.0 Å². The number of likely N-dealkylation sites (tertiary alicyclic amines) is 1. The topological polar surface area (TPSA) is 105 Å². The first-order chi connectivity index (χ1) is 20.7. The monoisotopic (exact) mass is 616 g/mol. The molecule has 0 spiro atoms. The maximum Gasteiger partial charge on any atom is 0.305 e. The molecule has 2 heterocycles. The molecule has 2 atom stereocenters. The van der Waals surface area contributed by atoms with Crippen LogP contribution in [0.5, 0.6) is 0 Å². The molecule has 236 valence electrons. The Kier molecular flexibility index (Phi) is 10.2. The predicted octanol–water partition coefficient (Wildman–Crippen LogP) is 5.06. The molecule has 2 N–H and O–H groups in total. The second-order valence-electron chi connectivity index (χ2n) is 11.8. The second kappa shape index (κ2) is 13.7. The highest BCUT2D eigenvalue weighted by Crippen LogP contribution is 2.33. The van der Waals surface area contributed by atoms with Gasteiger partial charge in [0.15, 0.2) is 0 Å². The molecule has 0 radical (unpaired) electrons. The molecule has 3 aromatic rings. The molecule has 4 rings (SSSR count). The van der Waals surface area contributed by atoms with Crippen LogP contribution in [0.15, 0.2) is 41.2 Å². The van der Waals surface area contributed by atoms with Gasteiger partial charge >= 0.3 is 5.97 Å². The zero-order valence-corrected chi connectivity index (χ0v) is 25.0. The number of aromatic nitrogens is 2. The first kappa shape index (κ1) is 32.8. The molecule has 1 aromatic heterocycles. The van der Waals surface area contributed by atoms with Gasteiger partial charge in [0.1, 0.15) is 29.7 Å². The van der Waals surface area contributed by atoms with Crippen molar-refractivity contribution in [3.63, 3.8) is 0 Å². The van der Waals surface area contributed by atoms with Gasteiger partial charge in [-0.3, -0.25) is 19.3 Å². The Balaban J connectivity index is 1.71. The standard InChI is InChI=1S/C32H36F4N4O4/c1-17(2)10-27(40-32(44)19(4)12-22(38-40)8-9-39-15-21(33)16-39)31(43)37-26(14-28(41)42)23-13-20(11-18(3)30(23)36)29-24(34)6-5-7-25(29)35/h5-7,11-13,17,21,26-27H,8-10,14-16H2,1-4H3,(H,37,43)(H,41,42)/t26-,27-/m0/s1. The Labute approximate surface area is 252 Å². The van der Waals surface area contributed by atoms with E-state index in [1.165, 1.54) is 19.1 Å². The number of nitrogens with one attached hydrogen (secondary N) is 1. The third kappa shape index (κ3) is 7.53. The molecule has 1 saturated heterocycles. The van der Waals surface area contributed by atoms with Crippen LogP contribution in [0.2, 0.25) is 0 Å². The van der Waals surface area contributed by atoms with E-state index in [0.717, 1.165) is 22.9 Å². The highest BCUT2D eigenvalue weighted by Gasteiger charge is 2.31. The highest BCUT2D eigenvalue weighted by atomic mass is 19.1. The highest BCUT2D eigenvalue weighted by molar-refractivity contribution is 5.81. The minimum absolute atomic E-state index is 0.00832. The number of amides is 1. The number of alkyl halides is 1. The fraction of sp³-hybridized carbons (Fsp3) is 0.438. The lowest BCUT2D eigenvalue weighted by molar-refractivity contribution is -0.138. The number of carboxylic acid groups (broad SMARTS) is 1. The van der Waals surface area contributed by atoms with Gasteiger partial charge in [-0.2, -0.15) is 5.10 Å². The van der Waals surface area contributed by atoms with Gasteiger partial charge in [0, 0.05) is 37.2 Å². The first-order valence-corrected chi connectivity index (χ1v) is 14.5. The van der Waals surface area contributed by atoms with Crippen LogP contribution < -0.4 is 10.9 Å². The van der Waals surface area contributed by atoms with Crippen LogP contribution in [0.25, 0.3) is 11.1 Å². The van der Waals surface area contributed by atoms with Gasteiger partial charge in [0.2, 0.25) is 5.91 Å². The lowest BCUT2D eigenvalue weighted by atomic mass is 9.93. The SMILES string of the molecule is Cc1cc(-c2c(F)cccc2F)cc([C@H](CC(=O)O)NC(=O)[C@H](CC(C)C)n2nc(CCN3CC(F)C3)cc(C)c2=O)c1F. The van der Waals surface area contributed by atoms with E-state index >= 15 is 4.39 Å². The predicted molar refractivity (Wildman–Crippen MR) is 156 cm³/mol. The Morgan fingerprint density at radius 2 is 1.73 bits per heavy atom. The van der Waals surface area contributed by atoms with Gasteiger partial charge in [-0.05, 0) is 67.6 Å². The fourth-order valence-electron chi connectivity index (χ4n) is 5.41. The quantitative estimate of drug-likeness (QED) is 0.276. The molecule has 0 bridgehead atoms. The lowest BCUT2D eigenvalue weighted by Gasteiger charge is -2.34. The van der Waals surface area contributed by atoms with Crippen molar-refractivity contribution < 1.29 is 32.3 Å². The van der Waals surface area contributed by atoms with Gasteiger partial charge in [-0.15, -0.1) is 0 Å².